The Balaban J connectivity index is 2.35. The first-order valence-electron chi connectivity index (χ1n) is 4.01. The second kappa shape index (κ2) is 2.32. The predicted molar refractivity (Wildman–Crippen MR) is 49.0 cm³/mol. The van der Waals surface area contributed by atoms with Gasteiger partial charge in [0.05, 0.1) is 0 Å². The van der Waals surface area contributed by atoms with Crippen LogP contribution in [0.25, 0.3) is 0 Å². The molecule has 0 radical (unpaired) electrons. The van der Waals surface area contributed by atoms with Crippen molar-refractivity contribution >= 4 is 11.3 Å². The van der Waals surface area contributed by atoms with Crippen molar-refractivity contribution in [3.05, 3.63) is 21.9 Å². The minimum absolute atomic E-state index is 0.365. The Morgan fingerprint density at radius 3 is 2.55 bits per heavy atom. The monoisotopic (exact) mass is 167 g/mol. The molecule has 0 spiro atoms. The van der Waals surface area contributed by atoms with E-state index >= 15 is 0 Å². The van der Waals surface area contributed by atoms with E-state index in [1.54, 1.807) is 0 Å². The van der Waals surface area contributed by atoms with E-state index in [2.05, 4.69) is 30.0 Å². The molecule has 11 heavy (non-hydrogen) atoms. The van der Waals surface area contributed by atoms with Gasteiger partial charge in [-0.1, -0.05) is 0 Å². The average molecular weight is 167 g/mol. The fourth-order valence-corrected chi connectivity index (χ4v) is 2.58. The Kier molecular flexibility index (Phi) is 1.55. The van der Waals surface area contributed by atoms with Crippen molar-refractivity contribution in [3.8, 4) is 0 Å². The third kappa shape index (κ3) is 1.01. The van der Waals surface area contributed by atoms with E-state index in [0.29, 0.717) is 5.54 Å². The lowest BCUT2D eigenvalue weighted by molar-refractivity contribution is 0.584. The van der Waals surface area contributed by atoms with Crippen molar-refractivity contribution in [2.24, 2.45) is 0 Å². The molecule has 1 nitrogen and oxygen atoms in total. The Labute approximate surface area is 71.4 Å². The van der Waals surface area contributed by atoms with Crippen molar-refractivity contribution < 1.29 is 0 Å². The van der Waals surface area contributed by atoms with Crippen LogP contribution in [0.1, 0.15) is 24.0 Å². The van der Waals surface area contributed by atoms with E-state index in [9.17, 15) is 0 Å². The highest BCUT2D eigenvalue weighted by molar-refractivity contribution is 7.08. The summed E-state index contributed by atoms with van der Waals surface area (Å²) in [4.78, 5) is 0. The zero-order valence-corrected chi connectivity index (χ0v) is 7.79. The summed E-state index contributed by atoms with van der Waals surface area (Å²) in [7, 11) is 2.06. The van der Waals surface area contributed by atoms with E-state index in [1.165, 1.54) is 24.0 Å². The minimum atomic E-state index is 0.365. The van der Waals surface area contributed by atoms with E-state index in [4.69, 9.17) is 0 Å². The summed E-state index contributed by atoms with van der Waals surface area (Å²) in [5, 5.41) is 7.91. The first-order chi connectivity index (χ1) is 5.28. The highest BCUT2D eigenvalue weighted by Crippen LogP contribution is 2.47. The molecule has 1 fully saturated rings. The first-order valence-corrected chi connectivity index (χ1v) is 4.95. The van der Waals surface area contributed by atoms with Gasteiger partial charge in [0.25, 0.3) is 0 Å². The Morgan fingerprint density at radius 1 is 1.45 bits per heavy atom. The van der Waals surface area contributed by atoms with Gasteiger partial charge in [-0.2, -0.15) is 11.3 Å². The summed E-state index contributed by atoms with van der Waals surface area (Å²) >= 11 is 1.81. The summed E-state index contributed by atoms with van der Waals surface area (Å²) < 4.78 is 0. The molecule has 0 amide bonds. The number of thiophene rings is 1. The molecule has 1 heterocycles. The van der Waals surface area contributed by atoms with Gasteiger partial charge < -0.3 is 5.32 Å². The number of nitrogens with one attached hydrogen (secondary N) is 1. The molecule has 1 aromatic rings. The van der Waals surface area contributed by atoms with Gasteiger partial charge >= 0.3 is 0 Å². The third-order valence-electron chi connectivity index (χ3n) is 2.60. The highest BCUT2D eigenvalue weighted by atomic mass is 32.1. The van der Waals surface area contributed by atoms with E-state index in [1.807, 2.05) is 11.3 Å². The SMILES string of the molecule is CNC1(c2cscc2C)CC1. The molecule has 1 aromatic heterocycles. The highest BCUT2D eigenvalue weighted by Gasteiger charge is 2.43. The largest absolute Gasteiger partial charge is 0.310 e. The van der Waals surface area contributed by atoms with Crippen molar-refractivity contribution in [2.75, 3.05) is 7.05 Å². The zero-order chi connectivity index (χ0) is 7.90. The second-order valence-electron chi connectivity index (χ2n) is 3.30. The van der Waals surface area contributed by atoms with E-state index in [-0.39, 0.29) is 0 Å². The van der Waals surface area contributed by atoms with Crippen LogP contribution in [-0.2, 0) is 5.54 Å². The molecule has 1 saturated carbocycles. The number of hydrogen-bond acceptors (Lipinski definition) is 2. The van der Waals surface area contributed by atoms with Crippen LogP contribution in [0.5, 0.6) is 0 Å². The van der Waals surface area contributed by atoms with Crippen LogP contribution >= 0.6 is 11.3 Å². The van der Waals surface area contributed by atoms with Crippen LogP contribution in [0.15, 0.2) is 10.8 Å². The fraction of sp³-hybridized carbons (Fsp3) is 0.556. The maximum atomic E-state index is 3.40. The maximum absolute atomic E-state index is 3.40. The number of aryl methyl sites for hydroxylation is 1. The number of rotatable bonds is 2. The molecular weight excluding hydrogens is 154 g/mol. The topological polar surface area (TPSA) is 12.0 Å². The molecule has 0 aliphatic heterocycles. The molecule has 2 rings (SSSR count). The second-order valence-corrected chi connectivity index (χ2v) is 4.04. The Morgan fingerprint density at radius 2 is 2.18 bits per heavy atom. The van der Waals surface area contributed by atoms with Gasteiger partial charge in [-0.15, -0.1) is 0 Å². The van der Waals surface area contributed by atoms with Crippen LogP contribution in [0, 0.1) is 6.92 Å². The smallest absolute Gasteiger partial charge is 0.0444 e. The molecule has 0 bridgehead atoms. The Bertz CT molecular complexity index is 260. The molecule has 1 aliphatic rings. The lowest BCUT2D eigenvalue weighted by Gasteiger charge is -2.13. The Hall–Kier alpha value is -0.340. The third-order valence-corrected chi connectivity index (χ3v) is 3.46. The van der Waals surface area contributed by atoms with Gasteiger partial charge in [-0.25, -0.2) is 0 Å². The first kappa shape index (κ1) is 7.32. The summed E-state index contributed by atoms with van der Waals surface area (Å²) in [6.07, 6.45) is 2.61. The van der Waals surface area contributed by atoms with Gasteiger partial charge in [-0.05, 0) is 48.7 Å². The molecule has 60 valence electrons. The number of hydrogen-bond donors (Lipinski definition) is 1. The van der Waals surface area contributed by atoms with Crippen LogP contribution in [-0.4, -0.2) is 7.05 Å². The molecule has 2 heteroatoms. The maximum Gasteiger partial charge on any atom is 0.0444 e. The van der Waals surface area contributed by atoms with Crippen molar-refractivity contribution in [2.45, 2.75) is 25.3 Å². The lowest BCUT2D eigenvalue weighted by atomic mass is 10.1. The quantitative estimate of drug-likeness (QED) is 0.712. The molecule has 0 saturated heterocycles. The van der Waals surface area contributed by atoms with Crippen molar-refractivity contribution in [1.29, 1.82) is 0 Å². The van der Waals surface area contributed by atoms with Gasteiger partial charge in [0.1, 0.15) is 0 Å². The van der Waals surface area contributed by atoms with Gasteiger partial charge in [-0.3, -0.25) is 0 Å². The van der Waals surface area contributed by atoms with Gasteiger partial charge in [0.2, 0.25) is 0 Å². The van der Waals surface area contributed by atoms with Crippen LogP contribution in [0.2, 0.25) is 0 Å². The lowest BCUT2D eigenvalue weighted by Crippen LogP contribution is -2.24. The summed E-state index contributed by atoms with van der Waals surface area (Å²) in [6.45, 7) is 2.20. The minimum Gasteiger partial charge on any atom is -0.310 e. The molecular formula is C9H13NS. The van der Waals surface area contributed by atoms with Crippen LogP contribution in [0.3, 0.4) is 0 Å². The van der Waals surface area contributed by atoms with Crippen molar-refractivity contribution in [3.63, 3.8) is 0 Å². The fourth-order valence-electron chi connectivity index (χ4n) is 1.63. The summed E-state index contributed by atoms with van der Waals surface area (Å²) in [5.74, 6) is 0. The summed E-state index contributed by atoms with van der Waals surface area (Å²) in [6, 6.07) is 0. The van der Waals surface area contributed by atoms with E-state index < -0.39 is 0 Å². The summed E-state index contributed by atoms with van der Waals surface area (Å²) in [5.41, 5.74) is 3.33. The molecule has 1 N–H and O–H groups in total. The zero-order valence-electron chi connectivity index (χ0n) is 6.98. The molecule has 0 atom stereocenters. The van der Waals surface area contributed by atoms with Crippen LogP contribution in [0.4, 0.5) is 0 Å². The standard InChI is InChI=1S/C9H13NS/c1-7-5-11-6-8(7)9(10-2)3-4-9/h5-6,10H,3-4H2,1-2H3. The van der Waals surface area contributed by atoms with Crippen molar-refractivity contribution in [1.82, 2.24) is 5.32 Å². The molecule has 0 unspecified atom stereocenters. The average Bonchev–Trinajstić information content (AvgIpc) is 2.70. The molecule has 1 aliphatic carbocycles. The normalized spacial score (nSPS) is 20.2. The predicted octanol–water partition coefficient (Wildman–Crippen LogP) is 2.27. The van der Waals surface area contributed by atoms with Gasteiger partial charge in [0, 0.05) is 5.54 Å². The molecule has 0 aromatic carbocycles. The van der Waals surface area contributed by atoms with E-state index in [0.717, 1.165) is 0 Å². The van der Waals surface area contributed by atoms with Gasteiger partial charge in [0.15, 0.2) is 0 Å². The van der Waals surface area contributed by atoms with Crippen LogP contribution < -0.4 is 5.32 Å².